The van der Waals surface area contributed by atoms with Crippen LogP contribution in [0.25, 0.3) is 0 Å². The summed E-state index contributed by atoms with van der Waals surface area (Å²) in [4.78, 5) is 12.2. The van der Waals surface area contributed by atoms with E-state index in [1.165, 1.54) is 12.1 Å². The number of benzene rings is 2. The number of fused-ring (bicyclic) bond motifs is 1. The first-order valence-corrected chi connectivity index (χ1v) is 6.68. The van der Waals surface area contributed by atoms with Gasteiger partial charge in [-0.2, -0.15) is 0 Å². The number of nitrogens with one attached hydrogen (secondary N) is 1. The third-order valence-electron chi connectivity index (χ3n) is 3.73. The molecule has 4 nitrogen and oxygen atoms in total. The number of halogens is 1. The number of anilines is 1. The zero-order chi connectivity index (χ0) is 15.0. The standard InChI is InChI=1S/C16H15FN2O2/c17-13-6-5-10(18)8-12(13)16(21)19-15-11-4-2-1-3-9(11)7-14(15)20/h1-6,8,14-15,20H,7,18H2,(H,19,21)/t14-,15+/m0/s1. The average molecular weight is 286 g/mol. The van der Waals surface area contributed by atoms with E-state index in [4.69, 9.17) is 5.73 Å². The SMILES string of the molecule is Nc1ccc(F)c(C(=O)N[C@@H]2c3ccccc3C[C@@H]2O)c1. The molecule has 0 aliphatic heterocycles. The molecule has 2 aromatic carbocycles. The van der Waals surface area contributed by atoms with E-state index < -0.39 is 23.9 Å². The van der Waals surface area contributed by atoms with Gasteiger partial charge in [-0.1, -0.05) is 24.3 Å². The normalized spacial score (nSPS) is 20.1. The summed E-state index contributed by atoms with van der Waals surface area (Å²) in [6, 6.07) is 10.8. The molecule has 1 amide bonds. The summed E-state index contributed by atoms with van der Waals surface area (Å²) in [5.74, 6) is -1.22. The third kappa shape index (κ3) is 2.48. The first-order valence-electron chi connectivity index (χ1n) is 6.68. The second kappa shape index (κ2) is 5.18. The molecule has 0 bridgehead atoms. The second-order valence-corrected chi connectivity index (χ2v) is 5.16. The van der Waals surface area contributed by atoms with E-state index in [1.54, 1.807) is 0 Å². The molecular weight excluding hydrogens is 271 g/mol. The lowest BCUT2D eigenvalue weighted by atomic mass is 10.1. The van der Waals surface area contributed by atoms with Crippen LogP contribution in [0.2, 0.25) is 0 Å². The van der Waals surface area contributed by atoms with Crippen molar-refractivity contribution in [3.63, 3.8) is 0 Å². The fourth-order valence-corrected chi connectivity index (χ4v) is 2.68. The van der Waals surface area contributed by atoms with E-state index in [-0.39, 0.29) is 5.56 Å². The molecule has 3 rings (SSSR count). The molecule has 0 saturated heterocycles. The first kappa shape index (κ1) is 13.6. The number of hydrogen-bond acceptors (Lipinski definition) is 3. The van der Waals surface area contributed by atoms with Crippen LogP contribution in [-0.4, -0.2) is 17.1 Å². The van der Waals surface area contributed by atoms with Crippen LogP contribution in [-0.2, 0) is 6.42 Å². The average Bonchev–Trinajstić information content (AvgIpc) is 2.78. The Bertz CT molecular complexity index is 702. The summed E-state index contributed by atoms with van der Waals surface area (Å²) in [5.41, 5.74) is 7.63. The van der Waals surface area contributed by atoms with E-state index in [2.05, 4.69) is 5.32 Å². The summed E-state index contributed by atoms with van der Waals surface area (Å²) in [6.45, 7) is 0. The Morgan fingerprint density at radius 3 is 2.86 bits per heavy atom. The van der Waals surface area contributed by atoms with Gasteiger partial charge in [0.2, 0.25) is 0 Å². The smallest absolute Gasteiger partial charge is 0.254 e. The number of carbonyl (C=O) groups is 1. The third-order valence-corrected chi connectivity index (χ3v) is 3.73. The highest BCUT2D eigenvalue weighted by molar-refractivity contribution is 5.95. The van der Waals surface area contributed by atoms with Crippen molar-refractivity contribution in [1.29, 1.82) is 0 Å². The maximum atomic E-state index is 13.7. The number of amides is 1. The number of nitrogen functional groups attached to an aromatic ring is 1. The van der Waals surface area contributed by atoms with Gasteiger partial charge in [0.15, 0.2) is 0 Å². The van der Waals surface area contributed by atoms with Crippen molar-refractivity contribution in [3.05, 3.63) is 65.0 Å². The highest BCUT2D eigenvalue weighted by Crippen LogP contribution is 2.31. The molecule has 2 atom stereocenters. The van der Waals surface area contributed by atoms with E-state index >= 15 is 0 Å². The predicted octanol–water partition coefficient (Wildman–Crippen LogP) is 1.80. The maximum absolute atomic E-state index is 13.7. The van der Waals surface area contributed by atoms with Crippen LogP contribution in [0.3, 0.4) is 0 Å². The van der Waals surface area contributed by atoms with Crippen LogP contribution in [0.15, 0.2) is 42.5 Å². The van der Waals surface area contributed by atoms with Gasteiger partial charge in [0.05, 0.1) is 17.7 Å². The summed E-state index contributed by atoms with van der Waals surface area (Å²) in [5, 5.41) is 12.8. The summed E-state index contributed by atoms with van der Waals surface area (Å²) in [7, 11) is 0. The molecular formula is C16H15FN2O2. The van der Waals surface area contributed by atoms with Crippen molar-refractivity contribution in [2.75, 3.05) is 5.73 Å². The zero-order valence-electron chi connectivity index (χ0n) is 11.2. The van der Waals surface area contributed by atoms with Gasteiger partial charge in [0, 0.05) is 12.1 Å². The van der Waals surface area contributed by atoms with E-state index in [9.17, 15) is 14.3 Å². The van der Waals surface area contributed by atoms with Gasteiger partial charge >= 0.3 is 0 Å². The molecule has 1 aliphatic rings. The number of aliphatic hydroxyl groups is 1. The molecule has 2 aromatic rings. The number of carbonyl (C=O) groups excluding carboxylic acids is 1. The lowest BCUT2D eigenvalue weighted by Crippen LogP contribution is -2.34. The topological polar surface area (TPSA) is 75.4 Å². The Hall–Kier alpha value is -2.40. The Morgan fingerprint density at radius 1 is 1.29 bits per heavy atom. The molecule has 1 aliphatic carbocycles. The lowest BCUT2D eigenvalue weighted by molar-refractivity contribution is 0.0854. The molecule has 108 valence electrons. The largest absolute Gasteiger partial charge is 0.399 e. The quantitative estimate of drug-likeness (QED) is 0.737. The van der Waals surface area contributed by atoms with Crippen molar-refractivity contribution >= 4 is 11.6 Å². The second-order valence-electron chi connectivity index (χ2n) is 5.16. The van der Waals surface area contributed by atoms with Gasteiger partial charge < -0.3 is 16.2 Å². The first-order chi connectivity index (χ1) is 10.1. The van der Waals surface area contributed by atoms with E-state index in [0.29, 0.717) is 12.1 Å². The van der Waals surface area contributed by atoms with Gasteiger partial charge in [-0.15, -0.1) is 0 Å². The maximum Gasteiger partial charge on any atom is 0.254 e. The molecule has 21 heavy (non-hydrogen) atoms. The minimum Gasteiger partial charge on any atom is -0.399 e. The fraction of sp³-hybridized carbons (Fsp3) is 0.188. The van der Waals surface area contributed by atoms with Crippen LogP contribution in [0.1, 0.15) is 27.5 Å². The molecule has 5 heteroatoms. The minimum atomic E-state index is -0.713. The molecule has 0 heterocycles. The monoisotopic (exact) mass is 286 g/mol. The van der Waals surface area contributed by atoms with E-state index in [1.807, 2.05) is 24.3 Å². The number of rotatable bonds is 2. The molecule has 0 saturated carbocycles. The summed E-state index contributed by atoms with van der Waals surface area (Å²) < 4.78 is 13.7. The number of nitrogens with two attached hydrogens (primary N) is 1. The molecule has 0 fully saturated rings. The van der Waals surface area contributed by atoms with Crippen LogP contribution >= 0.6 is 0 Å². The predicted molar refractivity (Wildman–Crippen MR) is 77.2 cm³/mol. The van der Waals surface area contributed by atoms with Crippen molar-refractivity contribution < 1.29 is 14.3 Å². The fourth-order valence-electron chi connectivity index (χ4n) is 2.68. The Kier molecular flexibility index (Phi) is 3.35. The number of hydrogen-bond donors (Lipinski definition) is 3. The lowest BCUT2D eigenvalue weighted by Gasteiger charge is -2.18. The van der Waals surface area contributed by atoms with Crippen molar-refractivity contribution in [1.82, 2.24) is 5.32 Å². The van der Waals surface area contributed by atoms with Gasteiger partial charge in [0.25, 0.3) is 5.91 Å². The van der Waals surface area contributed by atoms with Crippen LogP contribution in [0.5, 0.6) is 0 Å². The molecule has 0 radical (unpaired) electrons. The summed E-state index contributed by atoms with van der Waals surface area (Å²) >= 11 is 0. The Labute approximate surface area is 121 Å². The van der Waals surface area contributed by atoms with Crippen molar-refractivity contribution in [2.45, 2.75) is 18.6 Å². The summed E-state index contributed by atoms with van der Waals surface area (Å²) in [6.07, 6.45) is -0.240. The van der Waals surface area contributed by atoms with Gasteiger partial charge in [0.1, 0.15) is 5.82 Å². The Morgan fingerprint density at radius 2 is 2.05 bits per heavy atom. The highest BCUT2D eigenvalue weighted by atomic mass is 19.1. The van der Waals surface area contributed by atoms with E-state index in [0.717, 1.165) is 17.2 Å². The number of aliphatic hydroxyl groups excluding tert-OH is 1. The van der Waals surface area contributed by atoms with Gasteiger partial charge in [-0.3, -0.25) is 4.79 Å². The zero-order valence-corrected chi connectivity index (χ0v) is 11.2. The van der Waals surface area contributed by atoms with Crippen LogP contribution in [0.4, 0.5) is 10.1 Å². The molecule has 0 unspecified atom stereocenters. The van der Waals surface area contributed by atoms with Gasteiger partial charge in [-0.25, -0.2) is 4.39 Å². The van der Waals surface area contributed by atoms with Crippen LogP contribution < -0.4 is 11.1 Å². The minimum absolute atomic E-state index is 0.119. The molecule has 0 aromatic heterocycles. The van der Waals surface area contributed by atoms with Crippen LogP contribution in [0, 0.1) is 5.82 Å². The van der Waals surface area contributed by atoms with Crippen molar-refractivity contribution in [2.24, 2.45) is 0 Å². The highest BCUT2D eigenvalue weighted by Gasteiger charge is 2.32. The Balaban J connectivity index is 1.87. The molecule has 0 spiro atoms. The van der Waals surface area contributed by atoms with Crippen molar-refractivity contribution in [3.8, 4) is 0 Å². The molecule has 4 N–H and O–H groups in total. The van der Waals surface area contributed by atoms with Gasteiger partial charge in [-0.05, 0) is 29.3 Å².